The normalized spacial score (nSPS) is 13.9. The van der Waals surface area contributed by atoms with Gasteiger partial charge in [0.05, 0.1) is 12.8 Å². The molecule has 1 saturated heterocycles. The molecule has 1 aliphatic heterocycles. The Balaban J connectivity index is 1.75. The van der Waals surface area contributed by atoms with Crippen LogP contribution in [0, 0.1) is 10.5 Å². The lowest BCUT2D eigenvalue weighted by molar-refractivity contribution is -0.140. The summed E-state index contributed by atoms with van der Waals surface area (Å²) in [5.41, 5.74) is 1.64. The van der Waals surface area contributed by atoms with Gasteiger partial charge in [0.1, 0.15) is 12.3 Å². The van der Waals surface area contributed by atoms with Gasteiger partial charge in [0, 0.05) is 9.26 Å². The Bertz CT molecular complexity index is 974. The topological polar surface area (TPSA) is 96.0 Å². The van der Waals surface area contributed by atoms with Gasteiger partial charge < -0.3 is 10.1 Å². The van der Waals surface area contributed by atoms with Crippen molar-refractivity contribution in [2.24, 2.45) is 0 Å². The maximum absolute atomic E-state index is 12.6. The van der Waals surface area contributed by atoms with E-state index in [1.165, 1.54) is 19.2 Å². The lowest BCUT2D eigenvalue weighted by Crippen LogP contribution is -2.39. The molecule has 2 aromatic rings. The van der Waals surface area contributed by atoms with Crippen LogP contribution in [0.3, 0.4) is 0 Å². The van der Waals surface area contributed by atoms with Gasteiger partial charge in [-0.15, -0.1) is 0 Å². The Kier molecular flexibility index (Phi) is 5.63. The second kappa shape index (κ2) is 7.97. The fraction of sp³-hybridized carbons (Fsp3) is 0.158. The van der Waals surface area contributed by atoms with Gasteiger partial charge in [-0.05, 0) is 77.5 Å². The Hall–Kier alpha value is -2.95. The van der Waals surface area contributed by atoms with Crippen molar-refractivity contribution in [2.75, 3.05) is 23.9 Å². The highest BCUT2D eigenvalue weighted by Crippen LogP contribution is 2.25. The summed E-state index contributed by atoms with van der Waals surface area (Å²) in [4.78, 5) is 50.8. The molecule has 1 fully saturated rings. The quantitative estimate of drug-likeness (QED) is 0.393. The molecule has 2 aromatic carbocycles. The third-order valence-electron chi connectivity index (χ3n) is 4.15. The van der Waals surface area contributed by atoms with Gasteiger partial charge in [-0.1, -0.05) is 0 Å². The standard InChI is InChI=1S/C19H16IN3O5/c1-11-9-12(20)3-8-15(11)21-16(24)10-22-17(25)18(26)23(19(22)27)13-4-6-14(28-2)7-5-13/h3-9H,10H2,1-2H3,(H,21,24). The monoisotopic (exact) mass is 493 g/mol. The van der Waals surface area contributed by atoms with Crippen LogP contribution in [0.15, 0.2) is 42.5 Å². The number of ether oxygens (including phenoxy) is 1. The predicted molar refractivity (Wildman–Crippen MR) is 110 cm³/mol. The number of halogens is 1. The summed E-state index contributed by atoms with van der Waals surface area (Å²) in [6.45, 7) is 1.28. The molecule has 0 saturated carbocycles. The number of nitrogens with one attached hydrogen (secondary N) is 1. The van der Waals surface area contributed by atoms with Crippen LogP contribution in [0.4, 0.5) is 16.2 Å². The molecule has 1 N–H and O–H groups in total. The number of hydrogen-bond donors (Lipinski definition) is 1. The summed E-state index contributed by atoms with van der Waals surface area (Å²) < 4.78 is 6.05. The zero-order valence-electron chi connectivity index (χ0n) is 15.1. The predicted octanol–water partition coefficient (Wildman–Crippen LogP) is 2.54. The largest absolute Gasteiger partial charge is 0.497 e. The molecule has 9 heteroatoms. The summed E-state index contributed by atoms with van der Waals surface area (Å²) >= 11 is 2.15. The number of benzene rings is 2. The van der Waals surface area contributed by atoms with Crippen LogP contribution in [0.1, 0.15) is 5.56 Å². The Morgan fingerprint density at radius 1 is 1.07 bits per heavy atom. The second-order valence-corrected chi connectivity index (χ2v) is 7.27. The molecule has 0 aromatic heterocycles. The van der Waals surface area contributed by atoms with E-state index in [0.29, 0.717) is 16.3 Å². The molecule has 0 radical (unpaired) electrons. The molecule has 144 valence electrons. The third-order valence-corrected chi connectivity index (χ3v) is 4.82. The first-order valence-corrected chi connectivity index (χ1v) is 9.29. The highest BCUT2D eigenvalue weighted by molar-refractivity contribution is 14.1. The number of nitrogens with zero attached hydrogens (tertiary/aromatic N) is 2. The van der Waals surface area contributed by atoms with Gasteiger partial charge in [0.25, 0.3) is 0 Å². The van der Waals surface area contributed by atoms with Gasteiger partial charge >= 0.3 is 17.8 Å². The van der Waals surface area contributed by atoms with E-state index < -0.39 is 30.3 Å². The van der Waals surface area contributed by atoms with E-state index in [4.69, 9.17) is 4.74 Å². The van der Waals surface area contributed by atoms with Gasteiger partial charge in [0.2, 0.25) is 5.91 Å². The van der Waals surface area contributed by atoms with E-state index in [1.54, 1.807) is 18.2 Å². The first kappa shape index (κ1) is 19.8. The van der Waals surface area contributed by atoms with Crippen LogP contribution in [0.2, 0.25) is 0 Å². The Morgan fingerprint density at radius 2 is 1.75 bits per heavy atom. The summed E-state index contributed by atoms with van der Waals surface area (Å²) in [5.74, 6) is -2.09. The lowest BCUT2D eigenvalue weighted by atomic mass is 10.2. The number of methoxy groups -OCH3 is 1. The van der Waals surface area contributed by atoms with Crippen molar-refractivity contribution in [3.05, 3.63) is 51.6 Å². The van der Waals surface area contributed by atoms with E-state index in [9.17, 15) is 19.2 Å². The van der Waals surface area contributed by atoms with Gasteiger partial charge in [0.15, 0.2) is 0 Å². The summed E-state index contributed by atoms with van der Waals surface area (Å²) in [5, 5.41) is 2.66. The number of anilines is 2. The Labute approximate surface area is 174 Å². The van der Waals surface area contributed by atoms with E-state index in [-0.39, 0.29) is 5.69 Å². The SMILES string of the molecule is COc1ccc(N2C(=O)C(=O)N(CC(=O)Nc3ccc(I)cc3C)C2=O)cc1. The molecule has 1 heterocycles. The van der Waals surface area contributed by atoms with E-state index in [1.807, 2.05) is 19.1 Å². The van der Waals surface area contributed by atoms with E-state index in [0.717, 1.165) is 14.0 Å². The molecule has 1 aliphatic rings. The van der Waals surface area contributed by atoms with Crippen LogP contribution in [0.25, 0.3) is 0 Å². The number of rotatable bonds is 5. The van der Waals surface area contributed by atoms with Crippen molar-refractivity contribution in [3.63, 3.8) is 0 Å². The van der Waals surface area contributed by atoms with E-state index in [2.05, 4.69) is 27.9 Å². The highest BCUT2D eigenvalue weighted by atomic mass is 127. The van der Waals surface area contributed by atoms with Crippen LogP contribution in [0.5, 0.6) is 5.75 Å². The Morgan fingerprint density at radius 3 is 2.36 bits per heavy atom. The molecule has 8 nitrogen and oxygen atoms in total. The maximum atomic E-state index is 12.6. The molecule has 0 aliphatic carbocycles. The summed E-state index contributed by atoms with van der Waals surface area (Å²) in [6.07, 6.45) is 0. The third kappa shape index (κ3) is 3.84. The van der Waals surface area contributed by atoms with Crippen LogP contribution in [-0.2, 0) is 14.4 Å². The minimum absolute atomic E-state index is 0.223. The molecule has 0 spiro atoms. The summed E-state index contributed by atoms with van der Waals surface area (Å²) in [6, 6.07) is 10.7. The molecule has 0 atom stereocenters. The molecular weight excluding hydrogens is 477 g/mol. The van der Waals surface area contributed by atoms with Crippen molar-refractivity contribution >= 4 is 57.7 Å². The van der Waals surface area contributed by atoms with Crippen molar-refractivity contribution in [1.29, 1.82) is 0 Å². The van der Waals surface area contributed by atoms with Gasteiger partial charge in [-0.2, -0.15) is 0 Å². The van der Waals surface area contributed by atoms with Crippen LogP contribution >= 0.6 is 22.6 Å². The van der Waals surface area contributed by atoms with Crippen LogP contribution in [-0.4, -0.2) is 42.3 Å². The number of imide groups is 2. The average Bonchev–Trinajstić information content (AvgIpc) is 2.87. The highest BCUT2D eigenvalue weighted by Gasteiger charge is 2.46. The van der Waals surface area contributed by atoms with Gasteiger partial charge in [-0.3, -0.25) is 14.4 Å². The smallest absolute Gasteiger partial charge is 0.339 e. The fourth-order valence-electron chi connectivity index (χ4n) is 2.70. The number of urea groups is 1. The first-order valence-electron chi connectivity index (χ1n) is 8.22. The number of hydrogen-bond acceptors (Lipinski definition) is 5. The fourth-order valence-corrected chi connectivity index (χ4v) is 3.35. The number of aryl methyl sites for hydroxylation is 1. The zero-order valence-corrected chi connectivity index (χ0v) is 17.2. The second-order valence-electron chi connectivity index (χ2n) is 6.02. The average molecular weight is 493 g/mol. The number of carbonyl (C=O) groups excluding carboxylic acids is 4. The number of amides is 5. The summed E-state index contributed by atoms with van der Waals surface area (Å²) in [7, 11) is 1.49. The molecule has 0 unspecified atom stereocenters. The van der Waals surface area contributed by atoms with Crippen molar-refractivity contribution < 1.29 is 23.9 Å². The maximum Gasteiger partial charge on any atom is 0.339 e. The first-order chi connectivity index (χ1) is 13.3. The van der Waals surface area contributed by atoms with Gasteiger partial charge in [-0.25, -0.2) is 14.6 Å². The van der Waals surface area contributed by atoms with Crippen molar-refractivity contribution in [2.45, 2.75) is 6.92 Å². The minimum atomic E-state index is -1.05. The molecule has 0 bridgehead atoms. The van der Waals surface area contributed by atoms with Crippen molar-refractivity contribution in [3.8, 4) is 5.75 Å². The molecule has 5 amide bonds. The lowest BCUT2D eigenvalue weighted by Gasteiger charge is -2.16. The molecule has 3 rings (SSSR count). The van der Waals surface area contributed by atoms with E-state index >= 15 is 0 Å². The minimum Gasteiger partial charge on any atom is -0.497 e. The van der Waals surface area contributed by atoms with Crippen molar-refractivity contribution in [1.82, 2.24) is 4.90 Å². The molecule has 28 heavy (non-hydrogen) atoms. The number of carbonyl (C=O) groups is 4. The van der Waals surface area contributed by atoms with Crippen LogP contribution < -0.4 is 15.0 Å². The zero-order chi connectivity index (χ0) is 20.4. The molecular formula is C19H16IN3O5.